The van der Waals surface area contributed by atoms with Crippen LogP contribution in [0.3, 0.4) is 0 Å². The molecule has 9 rings (SSSR count). The number of hydrogen-bond donors (Lipinski definition) is 2. The normalized spacial score (nSPS) is 21.3. The summed E-state index contributed by atoms with van der Waals surface area (Å²) in [6.45, 7) is 2.23. The van der Waals surface area contributed by atoms with Gasteiger partial charge in [-0.05, 0) is 96.2 Å². The van der Waals surface area contributed by atoms with Crippen molar-refractivity contribution < 1.29 is 33.2 Å². The van der Waals surface area contributed by atoms with Gasteiger partial charge in [-0.2, -0.15) is 0 Å². The zero-order valence-electron chi connectivity index (χ0n) is 38.0. The molecule has 5 aromatic carbocycles. The molecule has 0 bridgehead atoms. The Morgan fingerprint density at radius 3 is 1.28 bits per heavy atom. The molecule has 4 N–H and O–H groups in total. The fraction of sp³-hybridized carbons (Fsp3) is 0.333. The number of halogens is 1. The van der Waals surface area contributed by atoms with Crippen molar-refractivity contribution in [1.29, 1.82) is 0 Å². The van der Waals surface area contributed by atoms with Crippen LogP contribution in [-0.2, 0) is 52.9 Å². The largest absolute Gasteiger partial charge is 0.367 e. The number of hydrogen-bond acceptors (Lipinski definition) is 7. The minimum atomic E-state index is -1.43. The van der Waals surface area contributed by atoms with Gasteiger partial charge >= 0.3 is 0 Å². The second-order valence-corrected chi connectivity index (χ2v) is 18.4. The summed E-state index contributed by atoms with van der Waals surface area (Å²) in [5.41, 5.74) is 14.6. The molecule has 14 heteroatoms. The van der Waals surface area contributed by atoms with Crippen LogP contribution in [0.5, 0.6) is 0 Å². The Hall–Kier alpha value is -7.35. The highest BCUT2D eigenvalue weighted by Crippen LogP contribution is 2.44. The van der Waals surface area contributed by atoms with Crippen LogP contribution < -0.4 is 16.4 Å². The molecule has 6 amide bonds. The molecule has 4 saturated heterocycles. The van der Waals surface area contributed by atoms with Crippen LogP contribution >= 0.6 is 0 Å². The molecular formula is C54H56FN7O6. The molecular weight excluding hydrogens is 862 g/mol. The third-order valence-electron chi connectivity index (χ3n) is 14.5. The Morgan fingerprint density at radius 1 is 0.529 bits per heavy atom. The summed E-state index contributed by atoms with van der Waals surface area (Å²) in [6.07, 6.45) is 3.76. The van der Waals surface area contributed by atoms with Gasteiger partial charge in [0.25, 0.3) is 11.8 Å². The van der Waals surface area contributed by atoms with Gasteiger partial charge in [-0.15, -0.1) is 0 Å². The molecule has 4 unspecified atom stereocenters. The predicted molar refractivity (Wildman–Crippen MR) is 253 cm³/mol. The molecule has 350 valence electrons. The molecule has 4 atom stereocenters. The molecule has 0 aromatic heterocycles. The standard InChI is InChI=1S/C54H56FN7O6/c55-43-25-27-44(28-26-43)58(35-37-17-21-41(22-18-37)53(51(56)67)29-9-33-61(53)49(65)47(39-11-3-1-4-12-39)59-31-7-15-45(59)63)36-38-19-23-42(24-20-38)54(52(57)68)30-10-34-62(54)50(66)48(40-13-5-2-6-14-40)60-32-8-16-46(60)64/h1-6,11-14,17-28,47-48H,7-10,15-16,29-36H2,(H2,56,67)(H2,57,68). The number of amides is 6. The van der Waals surface area contributed by atoms with Gasteiger partial charge in [0.2, 0.25) is 23.6 Å². The lowest BCUT2D eigenvalue weighted by atomic mass is 9.85. The minimum absolute atomic E-state index is 0.103. The second kappa shape index (κ2) is 19.1. The van der Waals surface area contributed by atoms with E-state index < -0.39 is 35.0 Å². The summed E-state index contributed by atoms with van der Waals surface area (Å²) < 4.78 is 14.3. The molecule has 68 heavy (non-hydrogen) atoms. The van der Waals surface area contributed by atoms with Crippen molar-refractivity contribution in [3.05, 3.63) is 173 Å². The lowest BCUT2D eigenvalue weighted by Crippen LogP contribution is -2.56. The van der Waals surface area contributed by atoms with Crippen LogP contribution in [0.2, 0.25) is 0 Å². The van der Waals surface area contributed by atoms with Gasteiger partial charge < -0.3 is 36.0 Å². The number of carbonyl (C=O) groups is 6. The van der Waals surface area contributed by atoms with Crippen molar-refractivity contribution >= 4 is 41.1 Å². The van der Waals surface area contributed by atoms with Crippen molar-refractivity contribution in [3.8, 4) is 0 Å². The molecule has 0 saturated carbocycles. The average molecular weight is 918 g/mol. The lowest BCUT2D eigenvalue weighted by Gasteiger charge is -2.40. The minimum Gasteiger partial charge on any atom is -0.367 e. The lowest BCUT2D eigenvalue weighted by molar-refractivity contribution is -0.151. The summed E-state index contributed by atoms with van der Waals surface area (Å²) in [7, 11) is 0. The van der Waals surface area contributed by atoms with Crippen molar-refractivity contribution in [1.82, 2.24) is 19.6 Å². The van der Waals surface area contributed by atoms with E-state index in [2.05, 4.69) is 4.90 Å². The van der Waals surface area contributed by atoms with E-state index in [4.69, 9.17) is 11.5 Å². The van der Waals surface area contributed by atoms with E-state index in [9.17, 15) is 33.2 Å². The van der Waals surface area contributed by atoms with Crippen molar-refractivity contribution in [2.24, 2.45) is 11.5 Å². The van der Waals surface area contributed by atoms with Crippen LogP contribution in [0.15, 0.2) is 133 Å². The van der Waals surface area contributed by atoms with Crippen molar-refractivity contribution in [2.45, 2.75) is 87.6 Å². The van der Waals surface area contributed by atoms with Gasteiger partial charge in [0, 0.05) is 57.8 Å². The zero-order valence-corrected chi connectivity index (χ0v) is 38.0. The average Bonchev–Trinajstić information content (AvgIpc) is 4.19. The Morgan fingerprint density at radius 2 is 0.926 bits per heavy atom. The highest BCUT2D eigenvalue weighted by molar-refractivity contribution is 5.97. The number of likely N-dealkylation sites (tertiary alicyclic amines) is 4. The fourth-order valence-corrected chi connectivity index (χ4v) is 11.1. The maximum Gasteiger partial charge on any atom is 0.251 e. The van der Waals surface area contributed by atoms with Crippen molar-refractivity contribution in [3.63, 3.8) is 0 Å². The first-order chi connectivity index (χ1) is 32.9. The number of rotatable bonds is 15. The molecule has 5 aromatic rings. The first-order valence-corrected chi connectivity index (χ1v) is 23.5. The van der Waals surface area contributed by atoms with Gasteiger partial charge in [0.15, 0.2) is 0 Å². The van der Waals surface area contributed by atoms with Gasteiger partial charge in [0.05, 0.1) is 0 Å². The van der Waals surface area contributed by atoms with Gasteiger partial charge in [0.1, 0.15) is 29.0 Å². The number of benzene rings is 5. The van der Waals surface area contributed by atoms with Gasteiger partial charge in [-0.1, -0.05) is 109 Å². The third-order valence-corrected chi connectivity index (χ3v) is 14.5. The van der Waals surface area contributed by atoms with E-state index >= 15 is 0 Å². The molecule has 0 aliphatic carbocycles. The zero-order chi connectivity index (χ0) is 47.6. The number of primary amides is 2. The molecule has 0 radical (unpaired) electrons. The summed E-state index contributed by atoms with van der Waals surface area (Å²) >= 11 is 0. The Bertz CT molecular complexity index is 2520. The number of nitrogens with two attached hydrogens (primary N) is 2. The number of anilines is 1. The Kier molecular flexibility index (Phi) is 12.9. The summed E-state index contributed by atoms with van der Waals surface area (Å²) in [4.78, 5) is 91.4. The summed E-state index contributed by atoms with van der Waals surface area (Å²) in [5, 5.41) is 0. The highest BCUT2D eigenvalue weighted by atomic mass is 19.1. The number of nitrogens with zero attached hydrogens (tertiary/aromatic N) is 5. The summed E-state index contributed by atoms with van der Waals surface area (Å²) in [5.74, 6) is -2.56. The monoisotopic (exact) mass is 917 g/mol. The van der Waals surface area contributed by atoms with Crippen LogP contribution in [0.25, 0.3) is 0 Å². The molecule has 4 aliphatic rings. The highest BCUT2D eigenvalue weighted by Gasteiger charge is 2.54. The molecule has 4 aliphatic heterocycles. The van der Waals surface area contributed by atoms with E-state index in [0.717, 1.165) is 16.8 Å². The van der Waals surface area contributed by atoms with E-state index in [0.29, 0.717) is 113 Å². The van der Waals surface area contributed by atoms with Crippen LogP contribution in [-0.4, -0.2) is 81.2 Å². The topological polar surface area (TPSA) is 171 Å². The molecule has 0 spiro atoms. The SMILES string of the molecule is NC(=O)C1(c2ccc(CN(Cc3ccc(C4(C(N)=O)CCCN4C(=O)C(c4ccccc4)N4CCCC4=O)cc3)c3ccc(F)cc3)cc2)CCCN1C(=O)C(c1ccccc1)N1CCCC1=O. The third kappa shape index (κ3) is 8.37. The maximum absolute atomic E-state index is 14.7. The quantitative estimate of drug-likeness (QED) is 0.123. The fourth-order valence-electron chi connectivity index (χ4n) is 11.1. The first kappa shape index (κ1) is 45.8. The smallest absolute Gasteiger partial charge is 0.251 e. The van der Waals surface area contributed by atoms with E-state index in [1.807, 2.05) is 109 Å². The summed E-state index contributed by atoms with van der Waals surface area (Å²) in [6, 6.07) is 37.7. The molecule has 4 heterocycles. The van der Waals surface area contributed by atoms with Crippen LogP contribution in [0.4, 0.5) is 10.1 Å². The van der Waals surface area contributed by atoms with Crippen molar-refractivity contribution in [2.75, 3.05) is 31.1 Å². The Labute approximate surface area is 395 Å². The van der Waals surface area contributed by atoms with Gasteiger partial charge in [-0.25, -0.2) is 4.39 Å². The van der Waals surface area contributed by atoms with Gasteiger partial charge in [-0.3, -0.25) is 28.8 Å². The predicted octanol–water partition coefficient (Wildman–Crippen LogP) is 6.37. The van der Waals surface area contributed by atoms with E-state index in [1.165, 1.54) is 12.1 Å². The van der Waals surface area contributed by atoms with Crippen LogP contribution in [0.1, 0.15) is 96.8 Å². The first-order valence-electron chi connectivity index (χ1n) is 23.5. The molecule has 13 nitrogen and oxygen atoms in total. The van der Waals surface area contributed by atoms with Crippen LogP contribution in [0, 0.1) is 5.82 Å². The maximum atomic E-state index is 14.7. The number of carbonyl (C=O) groups excluding carboxylic acids is 6. The van der Waals surface area contributed by atoms with E-state index in [1.54, 1.807) is 31.7 Å². The molecule has 4 fully saturated rings. The van der Waals surface area contributed by atoms with E-state index in [-0.39, 0.29) is 29.4 Å². The Balaban J connectivity index is 0.976. The second-order valence-electron chi connectivity index (χ2n) is 18.4.